The largest absolute Gasteiger partial charge is 0.491 e. The van der Waals surface area contributed by atoms with E-state index in [0.717, 1.165) is 0 Å². The molecule has 1 fully saturated rings. The van der Waals surface area contributed by atoms with Crippen LogP contribution in [0.2, 0.25) is 0 Å². The fourth-order valence-electron chi connectivity index (χ4n) is 2.14. The number of piperazine rings is 1. The van der Waals surface area contributed by atoms with Gasteiger partial charge in [0.2, 0.25) is 11.8 Å². The van der Waals surface area contributed by atoms with E-state index in [2.05, 4.69) is 11.4 Å². The van der Waals surface area contributed by atoms with Crippen molar-refractivity contribution in [3.8, 4) is 11.8 Å². The van der Waals surface area contributed by atoms with E-state index in [4.69, 9.17) is 10.00 Å². The summed E-state index contributed by atoms with van der Waals surface area (Å²) in [5.74, 6) is -0.112. The average Bonchev–Trinajstić information content (AvgIpc) is 2.45. The van der Waals surface area contributed by atoms with Gasteiger partial charge < -0.3 is 4.74 Å². The fraction of sp³-hybridized carbons (Fsp3) is 0.400. The molecule has 0 aromatic heterocycles. The molecule has 0 spiro atoms. The van der Waals surface area contributed by atoms with Crippen molar-refractivity contribution >= 4 is 11.8 Å². The predicted molar refractivity (Wildman–Crippen MR) is 75.5 cm³/mol. The molecule has 0 aliphatic carbocycles. The molecule has 1 aromatic carbocycles. The molecule has 1 aliphatic rings. The van der Waals surface area contributed by atoms with Crippen molar-refractivity contribution in [2.24, 2.45) is 0 Å². The van der Waals surface area contributed by atoms with Crippen molar-refractivity contribution in [1.82, 2.24) is 10.2 Å². The number of hydrogen-bond acceptors (Lipinski definition) is 5. The van der Waals surface area contributed by atoms with Crippen LogP contribution in [-0.4, -0.2) is 41.9 Å². The van der Waals surface area contributed by atoms with E-state index in [0.29, 0.717) is 24.5 Å². The molecule has 0 unspecified atom stereocenters. The summed E-state index contributed by atoms with van der Waals surface area (Å²) >= 11 is 0. The lowest BCUT2D eigenvalue weighted by Crippen LogP contribution is -2.64. The molecule has 0 radical (unpaired) electrons. The van der Waals surface area contributed by atoms with Crippen LogP contribution in [0, 0.1) is 11.3 Å². The lowest BCUT2D eigenvalue weighted by atomic mass is 9.99. The van der Waals surface area contributed by atoms with Gasteiger partial charge in [0, 0.05) is 6.54 Å². The number of benzene rings is 1. The number of hydrogen-bond donors (Lipinski definition) is 1. The Morgan fingerprint density at radius 3 is 2.81 bits per heavy atom. The van der Waals surface area contributed by atoms with Gasteiger partial charge in [0.05, 0.1) is 17.6 Å². The van der Waals surface area contributed by atoms with E-state index in [-0.39, 0.29) is 18.4 Å². The van der Waals surface area contributed by atoms with Crippen molar-refractivity contribution < 1.29 is 14.3 Å². The van der Waals surface area contributed by atoms with Crippen molar-refractivity contribution in [2.75, 3.05) is 19.7 Å². The quantitative estimate of drug-likeness (QED) is 0.823. The summed E-state index contributed by atoms with van der Waals surface area (Å²) in [5.41, 5.74) is -0.296. The van der Waals surface area contributed by atoms with Gasteiger partial charge in [-0.25, -0.2) is 0 Å². The Bertz CT molecular complexity index is 604. The molecule has 0 bridgehead atoms. The molecule has 1 aromatic rings. The molecule has 0 saturated carbocycles. The molecule has 6 heteroatoms. The van der Waals surface area contributed by atoms with Crippen LogP contribution in [-0.2, 0) is 9.59 Å². The standard InChI is InChI=1S/C15H17N3O3/c1-15(2)14(20)17-13(19)10-18(15)7-8-21-12-6-4-3-5-11(12)9-16/h3-6H,7-8,10H2,1-2H3,(H,17,19,20). The van der Waals surface area contributed by atoms with Gasteiger partial charge in [-0.2, -0.15) is 5.26 Å². The van der Waals surface area contributed by atoms with Crippen LogP contribution in [0.3, 0.4) is 0 Å². The lowest BCUT2D eigenvalue weighted by Gasteiger charge is -2.39. The minimum absolute atomic E-state index is 0.155. The lowest BCUT2D eigenvalue weighted by molar-refractivity contribution is -0.145. The van der Waals surface area contributed by atoms with E-state index >= 15 is 0 Å². The molecule has 2 rings (SSSR count). The number of carbonyl (C=O) groups excluding carboxylic acids is 2. The summed E-state index contributed by atoms with van der Waals surface area (Å²) in [5, 5.41) is 11.3. The van der Waals surface area contributed by atoms with E-state index in [1.165, 1.54) is 0 Å². The second kappa shape index (κ2) is 5.94. The summed E-state index contributed by atoms with van der Waals surface area (Å²) in [4.78, 5) is 25.0. The van der Waals surface area contributed by atoms with Crippen LogP contribution in [0.5, 0.6) is 5.75 Å². The number of para-hydroxylation sites is 1. The average molecular weight is 287 g/mol. The first-order chi connectivity index (χ1) is 9.95. The number of nitrogens with one attached hydrogen (secondary N) is 1. The van der Waals surface area contributed by atoms with Gasteiger partial charge >= 0.3 is 0 Å². The van der Waals surface area contributed by atoms with Crippen LogP contribution in [0.4, 0.5) is 0 Å². The maximum atomic E-state index is 11.8. The molecule has 1 heterocycles. The maximum absolute atomic E-state index is 11.8. The molecule has 21 heavy (non-hydrogen) atoms. The van der Waals surface area contributed by atoms with E-state index < -0.39 is 5.54 Å². The van der Waals surface area contributed by atoms with Gasteiger partial charge in [-0.15, -0.1) is 0 Å². The Labute approximate surface area is 123 Å². The number of nitriles is 1. The molecule has 1 N–H and O–H groups in total. The molecule has 1 saturated heterocycles. The highest BCUT2D eigenvalue weighted by Crippen LogP contribution is 2.19. The molecule has 110 valence electrons. The third-order valence-electron chi connectivity index (χ3n) is 3.56. The van der Waals surface area contributed by atoms with Gasteiger partial charge in [-0.05, 0) is 26.0 Å². The Balaban J connectivity index is 1.98. The fourth-order valence-corrected chi connectivity index (χ4v) is 2.14. The highest BCUT2D eigenvalue weighted by atomic mass is 16.5. The smallest absolute Gasteiger partial charge is 0.246 e. The second-order valence-electron chi connectivity index (χ2n) is 5.31. The summed E-state index contributed by atoms with van der Waals surface area (Å²) in [6, 6.07) is 9.01. The normalized spacial score (nSPS) is 18.0. The summed E-state index contributed by atoms with van der Waals surface area (Å²) in [6.45, 7) is 4.40. The molecule has 6 nitrogen and oxygen atoms in total. The number of carbonyl (C=O) groups is 2. The monoisotopic (exact) mass is 287 g/mol. The number of ether oxygens (including phenoxy) is 1. The molecule has 1 aliphatic heterocycles. The van der Waals surface area contributed by atoms with Crippen molar-refractivity contribution in [1.29, 1.82) is 5.26 Å². The topological polar surface area (TPSA) is 82.4 Å². The third kappa shape index (κ3) is 3.20. The molecular weight excluding hydrogens is 270 g/mol. The van der Waals surface area contributed by atoms with E-state index in [1.807, 2.05) is 0 Å². The van der Waals surface area contributed by atoms with Crippen LogP contribution in [0.1, 0.15) is 19.4 Å². The Kier molecular flexibility index (Phi) is 4.24. The van der Waals surface area contributed by atoms with E-state index in [9.17, 15) is 9.59 Å². The molecular formula is C15H17N3O3. The number of rotatable bonds is 4. The molecule has 0 atom stereocenters. The van der Waals surface area contributed by atoms with Gasteiger partial charge in [-0.3, -0.25) is 19.8 Å². The summed E-state index contributed by atoms with van der Waals surface area (Å²) in [7, 11) is 0. The van der Waals surface area contributed by atoms with E-state index in [1.54, 1.807) is 43.0 Å². The highest BCUT2D eigenvalue weighted by Gasteiger charge is 2.40. The van der Waals surface area contributed by atoms with Crippen LogP contribution in [0.15, 0.2) is 24.3 Å². The zero-order chi connectivity index (χ0) is 15.5. The first-order valence-electron chi connectivity index (χ1n) is 6.66. The first kappa shape index (κ1) is 15.0. The summed E-state index contributed by atoms with van der Waals surface area (Å²) < 4.78 is 5.59. The van der Waals surface area contributed by atoms with Crippen LogP contribution in [0.25, 0.3) is 0 Å². The second-order valence-corrected chi connectivity index (χ2v) is 5.31. The summed E-state index contributed by atoms with van der Waals surface area (Å²) in [6.07, 6.45) is 0. The van der Waals surface area contributed by atoms with Gasteiger partial charge in [0.1, 0.15) is 18.4 Å². The Hall–Kier alpha value is -2.39. The number of amides is 2. The van der Waals surface area contributed by atoms with Gasteiger partial charge in [-0.1, -0.05) is 12.1 Å². The van der Waals surface area contributed by atoms with Crippen molar-refractivity contribution in [3.05, 3.63) is 29.8 Å². The van der Waals surface area contributed by atoms with Crippen molar-refractivity contribution in [2.45, 2.75) is 19.4 Å². The number of imide groups is 1. The Morgan fingerprint density at radius 1 is 1.38 bits per heavy atom. The van der Waals surface area contributed by atoms with Gasteiger partial charge in [0.15, 0.2) is 0 Å². The zero-order valence-corrected chi connectivity index (χ0v) is 12.0. The zero-order valence-electron chi connectivity index (χ0n) is 12.0. The van der Waals surface area contributed by atoms with Crippen molar-refractivity contribution in [3.63, 3.8) is 0 Å². The maximum Gasteiger partial charge on any atom is 0.246 e. The minimum Gasteiger partial charge on any atom is -0.491 e. The third-order valence-corrected chi connectivity index (χ3v) is 3.56. The van der Waals surface area contributed by atoms with Crippen LogP contribution < -0.4 is 10.1 Å². The predicted octanol–water partition coefficient (Wildman–Crippen LogP) is 0.674. The SMILES string of the molecule is CC1(C)C(=O)NC(=O)CN1CCOc1ccccc1C#N. The first-order valence-corrected chi connectivity index (χ1v) is 6.66. The van der Waals surface area contributed by atoms with Crippen LogP contribution >= 0.6 is 0 Å². The minimum atomic E-state index is -0.758. The molecule has 2 amide bonds. The Morgan fingerprint density at radius 2 is 2.10 bits per heavy atom. The number of nitrogens with zero attached hydrogens (tertiary/aromatic N) is 2. The highest BCUT2D eigenvalue weighted by molar-refractivity contribution is 6.02. The van der Waals surface area contributed by atoms with Gasteiger partial charge in [0.25, 0.3) is 0 Å².